The Morgan fingerprint density at radius 3 is 2.67 bits per heavy atom. The molecule has 2 aliphatic rings. The molecule has 2 fully saturated rings. The van der Waals surface area contributed by atoms with E-state index in [9.17, 15) is 4.79 Å². The summed E-state index contributed by atoms with van der Waals surface area (Å²) in [5.41, 5.74) is 8.18. The van der Waals surface area contributed by atoms with E-state index in [1.807, 2.05) is 31.2 Å². The Hall–Kier alpha value is -1.30. The average molecular weight is 371 g/mol. The second kappa shape index (κ2) is 7.30. The monoisotopic (exact) mass is 370 g/mol. The van der Waals surface area contributed by atoms with E-state index in [-0.39, 0.29) is 48.7 Å². The van der Waals surface area contributed by atoms with Crippen LogP contribution in [0.15, 0.2) is 24.3 Å². The maximum Gasteiger partial charge on any atom is 0.225 e. The molecule has 5 atom stereocenters. The van der Waals surface area contributed by atoms with Gasteiger partial charge in [-0.25, -0.2) is 4.98 Å². The summed E-state index contributed by atoms with van der Waals surface area (Å²) >= 11 is 0. The summed E-state index contributed by atoms with van der Waals surface area (Å²) in [4.78, 5) is 20.4. The molecule has 1 aromatic carbocycles. The van der Waals surface area contributed by atoms with Crippen molar-refractivity contribution in [2.75, 3.05) is 0 Å². The molecule has 2 aliphatic carbocycles. The van der Waals surface area contributed by atoms with Crippen molar-refractivity contribution >= 4 is 41.8 Å². The minimum atomic E-state index is -0.133. The van der Waals surface area contributed by atoms with E-state index in [0.29, 0.717) is 11.8 Å². The summed E-state index contributed by atoms with van der Waals surface area (Å²) in [6.07, 6.45) is 3.46. The largest absolute Gasteiger partial charge is 0.346 e. The quantitative estimate of drug-likeness (QED) is 0.776. The topological polar surface area (TPSA) is 83.8 Å². The van der Waals surface area contributed by atoms with Crippen LogP contribution in [-0.2, 0) is 4.79 Å². The summed E-state index contributed by atoms with van der Waals surface area (Å²) < 4.78 is 0. The molecule has 2 aromatic rings. The second-order valence-corrected chi connectivity index (χ2v) is 6.81. The Kier molecular flexibility index (Phi) is 5.78. The fraction of sp³-hybridized carbons (Fsp3) is 0.529. The van der Waals surface area contributed by atoms with Gasteiger partial charge in [0.2, 0.25) is 5.91 Å². The summed E-state index contributed by atoms with van der Waals surface area (Å²) in [6.45, 7) is 1.97. The zero-order valence-electron chi connectivity index (χ0n) is 13.6. The summed E-state index contributed by atoms with van der Waals surface area (Å²) in [5, 5.41) is 3.10. The Bertz CT molecular complexity index is 684. The number of carbonyl (C=O) groups is 1. The SMILES string of the molecule is CC(NC(=O)C1C2CCC(C2)C1N)c1nc2ccccc2[nH]1.Cl.Cl. The highest BCUT2D eigenvalue weighted by molar-refractivity contribution is 5.85. The van der Waals surface area contributed by atoms with Gasteiger partial charge in [-0.05, 0) is 50.2 Å². The highest BCUT2D eigenvalue weighted by atomic mass is 35.5. The molecule has 0 radical (unpaired) electrons. The number of para-hydroxylation sites is 2. The van der Waals surface area contributed by atoms with Crippen LogP contribution in [-0.4, -0.2) is 21.9 Å². The van der Waals surface area contributed by atoms with Gasteiger partial charge in [-0.15, -0.1) is 24.8 Å². The Labute approximate surface area is 154 Å². The van der Waals surface area contributed by atoms with Crippen molar-refractivity contribution in [3.63, 3.8) is 0 Å². The Morgan fingerprint density at radius 2 is 2.00 bits per heavy atom. The molecule has 0 aliphatic heterocycles. The van der Waals surface area contributed by atoms with Crippen molar-refractivity contribution in [1.82, 2.24) is 15.3 Å². The molecule has 5 unspecified atom stereocenters. The molecule has 1 aromatic heterocycles. The van der Waals surface area contributed by atoms with Gasteiger partial charge in [0.25, 0.3) is 0 Å². The zero-order chi connectivity index (χ0) is 15.3. The number of benzene rings is 1. The van der Waals surface area contributed by atoms with Crippen LogP contribution in [0.3, 0.4) is 0 Å². The minimum absolute atomic E-state index is 0. The Morgan fingerprint density at radius 1 is 1.29 bits per heavy atom. The normalized spacial score (nSPS) is 28.9. The number of hydrogen-bond acceptors (Lipinski definition) is 3. The molecule has 4 rings (SSSR count). The number of amides is 1. The number of aromatic nitrogens is 2. The summed E-state index contributed by atoms with van der Waals surface area (Å²) in [6, 6.07) is 7.79. The first-order chi connectivity index (χ1) is 10.6. The third kappa shape index (κ3) is 3.13. The number of H-pyrrole nitrogens is 1. The van der Waals surface area contributed by atoms with Crippen molar-refractivity contribution in [2.45, 2.75) is 38.3 Å². The van der Waals surface area contributed by atoms with Crippen LogP contribution in [0, 0.1) is 17.8 Å². The smallest absolute Gasteiger partial charge is 0.225 e. The number of rotatable bonds is 3. The molecule has 1 heterocycles. The lowest BCUT2D eigenvalue weighted by molar-refractivity contribution is -0.127. The van der Waals surface area contributed by atoms with E-state index in [4.69, 9.17) is 5.73 Å². The van der Waals surface area contributed by atoms with Crippen LogP contribution >= 0.6 is 24.8 Å². The van der Waals surface area contributed by atoms with Crippen molar-refractivity contribution in [3.05, 3.63) is 30.1 Å². The maximum absolute atomic E-state index is 12.6. The predicted octanol–water partition coefficient (Wildman–Crippen LogP) is 2.96. The molecular weight excluding hydrogens is 347 g/mol. The van der Waals surface area contributed by atoms with Crippen LogP contribution in [0.1, 0.15) is 38.1 Å². The van der Waals surface area contributed by atoms with Crippen LogP contribution in [0.2, 0.25) is 0 Å². The lowest BCUT2D eigenvalue weighted by Crippen LogP contribution is -2.45. The summed E-state index contributed by atoms with van der Waals surface area (Å²) in [7, 11) is 0. The van der Waals surface area contributed by atoms with Crippen molar-refractivity contribution in [2.24, 2.45) is 23.5 Å². The fourth-order valence-electron chi connectivity index (χ4n) is 4.28. The van der Waals surface area contributed by atoms with Gasteiger partial charge in [0.05, 0.1) is 23.0 Å². The van der Waals surface area contributed by atoms with E-state index >= 15 is 0 Å². The van der Waals surface area contributed by atoms with E-state index in [2.05, 4.69) is 15.3 Å². The second-order valence-electron chi connectivity index (χ2n) is 6.81. The number of halogens is 2. The molecule has 0 spiro atoms. The number of nitrogens with two attached hydrogens (primary N) is 1. The Balaban J connectivity index is 0.00000104. The summed E-state index contributed by atoms with van der Waals surface area (Å²) in [5.74, 6) is 1.88. The average Bonchev–Trinajstić information content (AvgIpc) is 3.20. The van der Waals surface area contributed by atoms with Crippen LogP contribution in [0.4, 0.5) is 0 Å². The van der Waals surface area contributed by atoms with Gasteiger partial charge in [0.1, 0.15) is 5.82 Å². The number of aromatic amines is 1. The van der Waals surface area contributed by atoms with E-state index in [1.165, 1.54) is 6.42 Å². The molecule has 4 N–H and O–H groups in total. The van der Waals surface area contributed by atoms with Gasteiger partial charge < -0.3 is 16.0 Å². The number of fused-ring (bicyclic) bond motifs is 3. The number of hydrogen-bond donors (Lipinski definition) is 3. The fourth-order valence-corrected chi connectivity index (χ4v) is 4.28. The zero-order valence-corrected chi connectivity index (χ0v) is 15.2. The third-order valence-electron chi connectivity index (χ3n) is 5.46. The van der Waals surface area contributed by atoms with Crippen LogP contribution in [0.5, 0.6) is 0 Å². The molecule has 1 amide bonds. The van der Waals surface area contributed by atoms with Gasteiger partial charge in [-0.1, -0.05) is 12.1 Å². The maximum atomic E-state index is 12.6. The number of nitrogens with one attached hydrogen (secondary N) is 2. The van der Waals surface area contributed by atoms with Crippen molar-refractivity contribution in [3.8, 4) is 0 Å². The van der Waals surface area contributed by atoms with Gasteiger partial charge in [0.15, 0.2) is 0 Å². The lowest BCUT2D eigenvalue weighted by atomic mass is 9.84. The van der Waals surface area contributed by atoms with Crippen LogP contribution in [0.25, 0.3) is 11.0 Å². The molecule has 2 saturated carbocycles. The molecule has 7 heteroatoms. The number of imidazole rings is 1. The molecule has 2 bridgehead atoms. The van der Waals surface area contributed by atoms with Gasteiger partial charge in [-0.3, -0.25) is 4.79 Å². The van der Waals surface area contributed by atoms with Gasteiger partial charge >= 0.3 is 0 Å². The van der Waals surface area contributed by atoms with Crippen LogP contribution < -0.4 is 11.1 Å². The molecule has 24 heavy (non-hydrogen) atoms. The number of nitrogens with zero attached hydrogens (tertiary/aromatic N) is 1. The molecular formula is C17H24Cl2N4O. The first-order valence-corrected chi connectivity index (χ1v) is 8.14. The molecule has 0 saturated heterocycles. The van der Waals surface area contributed by atoms with Crippen molar-refractivity contribution in [1.29, 1.82) is 0 Å². The minimum Gasteiger partial charge on any atom is -0.346 e. The van der Waals surface area contributed by atoms with Gasteiger partial charge in [0, 0.05) is 6.04 Å². The lowest BCUT2D eigenvalue weighted by Gasteiger charge is -2.28. The van der Waals surface area contributed by atoms with E-state index < -0.39 is 0 Å². The van der Waals surface area contributed by atoms with E-state index in [1.54, 1.807) is 0 Å². The standard InChI is InChI=1S/C17H22N4O.2ClH/c1-9(16-20-12-4-2-3-5-13(12)21-16)19-17(22)14-10-6-7-11(8-10)15(14)18;;/h2-5,9-11,14-15H,6-8,18H2,1H3,(H,19,22)(H,20,21);2*1H. The number of carbonyl (C=O) groups excluding carboxylic acids is 1. The van der Waals surface area contributed by atoms with Crippen molar-refractivity contribution < 1.29 is 4.79 Å². The first-order valence-electron chi connectivity index (χ1n) is 8.14. The molecule has 132 valence electrons. The van der Waals surface area contributed by atoms with Gasteiger partial charge in [-0.2, -0.15) is 0 Å². The van der Waals surface area contributed by atoms with E-state index in [0.717, 1.165) is 29.7 Å². The third-order valence-corrected chi connectivity index (χ3v) is 5.46. The molecule has 5 nitrogen and oxygen atoms in total. The first kappa shape index (κ1) is 19.0. The predicted molar refractivity (Wildman–Crippen MR) is 99.4 cm³/mol. The highest BCUT2D eigenvalue weighted by Crippen LogP contribution is 2.47. The highest BCUT2D eigenvalue weighted by Gasteiger charge is 2.49.